The number of nitrogens with one attached hydrogen (secondary N) is 3. The van der Waals surface area contributed by atoms with E-state index in [2.05, 4.69) is 30.7 Å². The molecular formula is C22H17N7OS3. The summed E-state index contributed by atoms with van der Waals surface area (Å²) in [6.07, 6.45) is 0. The highest BCUT2D eigenvalue weighted by Gasteiger charge is 2.15. The molecule has 6 rings (SSSR count). The number of nitrogens with two attached hydrogens (primary N) is 1. The van der Waals surface area contributed by atoms with Crippen molar-refractivity contribution in [2.45, 2.75) is 0 Å². The molecular weight excluding hydrogens is 474 g/mol. The Morgan fingerprint density at radius 2 is 1.67 bits per heavy atom. The van der Waals surface area contributed by atoms with Gasteiger partial charge in [0.25, 0.3) is 5.91 Å². The summed E-state index contributed by atoms with van der Waals surface area (Å²) in [6, 6.07) is 18.9. The van der Waals surface area contributed by atoms with Crippen LogP contribution in [0.1, 0.15) is 10.4 Å². The summed E-state index contributed by atoms with van der Waals surface area (Å²) in [6.45, 7) is 0. The van der Waals surface area contributed by atoms with Crippen LogP contribution in [0.4, 0.5) is 10.9 Å². The molecule has 0 unspecified atom stereocenters. The van der Waals surface area contributed by atoms with Crippen LogP contribution in [0, 0.1) is 0 Å². The van der Waals surface area contributed by atoms with Gasteiger partial charge in [0.2, 0.25) is 0 Å². The Labute approximate surface area is 200 Å². The number of thiophene rings is 2. The zero-order chi connectivity index (χ0) is 22.6. The largest absolute Gasteiger partial charge is 0.382 e. The predicted octanol–water partition coefficient (Wildman–Crippen LogP) is 5.72. The maximum atomic E-state index is 12.2. The van der Waals surface area contributed by atoms with Gasteiger partial charge in [0.05, 0.1) is 21.1 Å². The molecule has 0 spiro atoms. The zero-order valence-corrected chi connectivity index (χ0v) is 19.4. The monoisotopic (exact) mass is 491 g/mol. The number of thiazole rings is 1. The molecule has 11 heteroatoms. The third kappa shape index (κ3) is 4.70. The van der Waals surface area contributed by atoms with Crippen LogP contribution < -0.4 is 11.1 Å². The minimum Gasteiger partial charge on any atom is -0.382 e. The Kier molecular flexibility index (Phi) is 5.98. The summed E-state index contributed by atoms with van der Waals surface area (Å²) in [7, 11) is 0. The third-order valence-corrected chi connectivity index (χ3v) is 7.29. The number of carbonyl (C=O) groups is 1. The molecule has 5 N–H and O–H groups in total. The second kappa shape index (κ2) is 9.36. The molecule has 1 aromatic carbocycles. The Morgan fingerprint density at radius 3 is 2.33 bits per heavy atom. The van der Waals surface area contributed by atoms with E-state index in [4.69, 9.17) is 5.73 Å². The average molecular weight is 492 g/mol. The standard InChI is InChI=1S/C15H10N4OS2.C7H7N3S/c20-14(9-5-2-1-3-6-9)17-15-16-13-12(22-15)11(18-19-13)10-7-4-8-21-10;8-7-4-5(9-10-7)6-2-1-3-11-6/h1-8H,(H2,16,17,18,19,20);1-4H,(H3,8,9,10). The van der Waals surface area contributed by atoms with Gasteiger partial charge < -0.3 is 5.73 Å². The molecule has 0 radical (unpaired) electrons. The lowest BCUT2D eigenvalue weighted by molar-refractivity contribution is 0.102. The third-order valence-electron chi connectivity index (χ3n) is 4.52. The molecule has 0 fully saturated rings. The molecule has 5 aromatic heterocycles. The summed E-state index contributed by atoms with van der Waals surface area (Å²) in [5, 5.41) is 21.3. The van der Waals surface area contributed by atoms with Crippen molar-refractivity contribution < 1.29 is 4.79 Å². The zero-order valence-electron chi connectivity index (χ0n) is 17.0. The first-order valence-electron chi connectivity index (χ1n) is 9.77. The number of nitrogens with zero attached hydrogens (tertiary/aromatic N) is 3. The van der Waals surface area contributed by atoms with E-state index >= 15 is 0 Å². The fraction of sp³-hybridized carbons (Fsp3) is 0. The van der Waals surface area contributed by atoms with Gasteiger partial charge in [-0.15, -0.1) is 22.7 Å². The van der Waals surface area contributed by atoms with Crippen LogP contribution >= 0.6 is 34.0 Å². The first-order chi connectivity index (χ1) is 16.2. The van der Waals surface area contributed by atoms with Crippen LogP contribution in [0.2, 0.25) is 0 Å². The fourth-order valence-corrected chi connectivity index (χ4v) is 5.40. The number of carbonyl (C=O) groups excluding carboxylic acids is 1. The van der Waals surface area contributed by atoms with E-state index in [-0.39, 0.29) is 5.91 Å². The number of aromatic nitrogens is 5. The van der Waals surface area contributed by atoms with Gasteiger partial charge in [0.15, 0.2) is 10.8 Å². The van der Waals surface area contributed by atoms with Crippen molar-refractivity contribution in [2.75, 3.05) is 11.1 Å². The summed E-state index contributed by atoms with van der Waals surface area (Å²) < 4.78 is 0.950. The average Bonchev–Trinajstić information content (AvgIpc) is 3.63. The first kappa shape index (κ1) is 21.1. The van der Waals surface area contributed by atoms with Crippen molar-refractivity contribution in [1.82, 2.24) is 25.4 Å². The van der Waals surface area contributed by atoms with Gasteiger partial charge in [-0.2, -0.15) is 15.2 Å². The van der Waals surface area contributed by atoms with Gasteiger partial charge in [-0.1, -0.05) is 41.7 Å². The number of H-pyrrole nitrogens is 2. The minimum absolute atomic E-state index is 0.168. The Hall–Kier alpha value is -3.80. The molecule has 0 saturated carbocycles. The van der Waals surface area contributed by atoms with Crippen LogP contribution in [-0.2, 0) is 0 Å². The second-order valence-electron chi connectivity index (χ2n) is 6.75. The lowest BCUT2D eigenvalue weighted by atomic mass is 10.2. The van der Waals surface area contributed by atoms with E-state index in [1.807, 2.05) is 59.3 Å². The lowest BCUT2D eigenvalue weighted by Crippen LogP contribution is -2.11. The molecule has 0 aliphatic carbocycles. The molecule has 5 heterocycles. The number of benzene rings is 1. The molecule has 0 atom stereocenters. The SMILES string of the molecule is Nc1cc(-c2cccs2)[nH]n1.O=C(Nc1nc2n[nH]c(-c3cccs3)c2s1)c1ccccc1. The number of fused-ring (bicyclic) bond motifs is 1. The van der Waals surface area contributed by atoms with Crippen LogP contribution in [0.15, 0.2) is 71.4 Å². The molecule has 33 heavy (non-hydrogen) atoms. The molecule has 0 saturated heterocycles. The van der Waals surface area contributed by atoms with E-state index in [0.717, 1.165) is 25.8 Å². The number of nitrogen functional groups attached to an aromatic ring is 1. The van der Waals surface area contributed by atoms with Crippen molar-refractivity contribution in [3.63, 3.8) is 0 Å². The van der Waals surface area contributed by atoms with E-state index in [1.54, 1.807) is 34.8 Å². The molecule has 0 aliphatic heterocycles. The lowest BCUT2D eigenvalue weighted by Gasteiger charge is -2.00. The van der Waals surface area contributed by atoms with Crippen LogP contribution in [-0.4, -0.2) is 31.3 Å². The maximum Gasteiger partial charge on any atom is 0.257 e. The number of hydrogen-bond donors (Lipinski definition) is 4. The second-order valence-corrected chi connectivity index (χ2v) is 9.65. The van der Waals surface area contributed by atoms with Crippen molar-refractivity contribution in [2.24, 2.45) is 0 Å². The predicted molar refractivity (Wildman–Crippen MR) is 136 cm³/mol. The van der Waals surface area contributed by atoms with Crippen molar-refractivity contribution in [3.05, 3.63) is 77.0 Å². The molecule has 0 bridgehead atoms. The molecule has 6 aromatic rings. The van der Waals surface area contributed by atoms with Crippen LogP contribution in [0.3, 0.4) is 0 Å². The van der Waals surface area contributed by atoms with E-state index in [0.29, 0.717) is 22.2 Å². The topological polar surface area (TPSA) is 125 Å². The fourth-order valence-electron chi connectivity index (χ4n) is 3.01. The van der Waals surface area contributed by atoms with Gasteiger partial charge in [0, 0.05) is 11.6 Å². The van der Waals surface area contributed by atoms with E-state index < -0.39 is 0 Å². The molecule has 0 aliphatic rings. The van der Waals surface area contributed by atoms with Gasteiger partial charge >= 0.3 is 0 Å². The smallest absolute Gasteiger partial charge is 0.257 e. The van der Waals surface area contributed by atoms with Crippen molar-refractivity contribution >= 4 is 61.2 Å². The highest BCUT2D eigenvalue weighted by Crippen LogP contribution is 2.35. The van der Waals surface area contributed by atoms with Crippen LogP contribution in [0.25, 0.3) is 31.5 Å². The summed E-state index contributed by atoms with van der Waals surface area (Å²) in [4.78, 5) is 18.8. The van der Waals surface area contributed by atoms with Gasteiger partial charge in [-0.25, -0.2) is 0 Å². The first-order valence-corrected chi connectivity index (χ1v) is 12.3. The highest BCUT2D eigenvalue weighted by atomic mass is 32.1. The Morgan fingerprint density at radius 1 is 0.909 bits per heavy atom. The molecule has 164 valence electrons. The highest BCUT2D eigenvalue weighted by molar-refractivity contribution is 7.23. The number of aromatic amines is 2. The Balaban J connectivity index is 0.000000174. The van der Waals surface area contributed by atoms with Crippen molar-refractivity contribution in [1.29, 1.82) is 0 Å². The Bertz CT molecular complexity index is 1470. The minimum atomic E-state index is -0.168. The number of rotatable bonds is 4. The van der Waals surface area contributed by atoms with E-state index in [9.17, 15) is 4.79 Å². The summed E-state index contributed by atoms with van der Waals surface area (Å²) >= 11 is 4.72. The summed E-state index contributed by atoms with van der Waals surface area (Å²) in [5.74, 6) is 0.368. The van der Waals surface area contributed by atoms with Crippen molar-refractivity contribution in [3.8, 4) is 21.1 Å². The summed E-state index contributed by atoms with van der Waals surface area (Å²) in [5.41, 5.74) is 8.61. The number of hydrogen-bond acceptors (Lipinski definition) is 8. The quantitative estimate of drug-likeness (QED) is 0.251. The van der Waals surface area contributed by atoms with Gasteiger partial charge in [-0.3, -0.25) is 20.3 Å². The molecule has 8 nitrogen and oxygen atoms in total. The van der Waals surface area contributed by atoms with Crippen LogP contribution in [0.5, 0.6) is 0 Å². The molecule has 1 amide bonds. The van der Waals surface area contributed by atoms with E-state index in [1.165, 1.54) is 11.3 Å². The van der Waals surface area contributed by atoms with Gasteiger partial charge in [0.1, 0.15) is 10.5 Å². The maximum absolute atomic E-state index is 12.2. The van der Waals surface area contributed by atoms with Gasteiger partial charge in [-0.05, 0) is 35.0 Å². The number of anilines is 2. The number of amides is 1. The normalized spacial score (nSPS) is 10.7.